The summed E-state index contributed by atoms with van der Waals surface area (Å²) in [6.07, 6.45) is 2.50. The van der Waals surface area contributed by atoms with Crippen LogP contribution in [-0.4, -0.2) is 53.8 Å². The summed E-state index contributed by atoms with van der Waals surface area (Å²) in [7, 11) is 0. The molecule has 0 aromatic heterocycles. The van der Waals surface area contributed by atoms with Crippen LogP contribution in [0.15, 0.2) is 30.3 Å². The summed E-state index contributed by atoms with van der Waals surface area (Å²) < 4.78 is 0. The Balaban J connectivity index is 1.61. The third kappa shape index (κ3) is 3.14. The second-order valence-electron chi connectivity index (χ2n) is 6.25. The van der Waals surface area contributed by atoms with E-state index >= 15 is 0 Å². The summed E-state index contributed by atoms with van der Waals surface area (Å²) in [6, 6.07) is 10.1. The summed E-state index contributed by atoms with van der Waals surface area (Å²) in [6.45, 7) is 2.12. The molecule has 1 aromatic rings. The lowest BCUT2D eigenvalue weighted by atomic mass is 9.95. The van der Waals surface area contributed by atoms with E-state index < -0.39 is 0 Å². The smallest absolute Gasteiger partial charge is 0.242 e. The molecule has 5 nitrogen and oxygen atoms in total. The lowest BCUT2D eigenvalue weighted by Crippen LogP contribution is -2.44. The molecule has 2 aliphatic heterocycles. The molecule has 0 unspecified atom stereocenters. The topological polar surface area (TPSA) is 66.6 Å². The van der Waals surface area contributed by atoms with E-state index in [0.29, 0.717) is 26.1 Å². The molecule has 0 aliphatic carbocycles. The van der Waals surface area contributed by atoms with Crippen LogP contribution in [0.2, 0.25) is 0 Å². The summed E-state index contributed by atoms with van der Waals surface area (Å²) in [5, 5.41) is 0. The number of rotatable bonds is 3. The van der Waals surface area contributed by atoms with E-state index in [2.05, 4.69) is 12.1 Å². The molecule has 2 atom stereocenters. The molecule has 0 spiro atoms. The number of benzene rings is 1. The monoisotopic (exact) mass is 301 g/mol. The lowest BCUT2D eigenvalue weighted by Gasteiger charge is -2.28. The number of hydrogen-bond donors (Lipinski definition) is 1. The summed E-state index contributed by atoms with van der Waals surface area (Å²) in [4.78, 5) is 27.8. The van der Waals surface area contributed by atoms with Gasteiger partial charge in [0.2, 0.25) is 11.8 Å². The van der Waals surface area contributed by atoms with E-state index in [-0.39, 0.29) is 30.3 Å². The Morgan fingerprint density at radius 2 is 1.95 bits per heavy atom. The third-order valence-corrected chi connectivity index (χ3v) is 4.69. The van der Waals surface area contributed by atoms with E-state index in [1.807, 2.05) is 23.1 Å². The maximum atomic E-state index is 12.5. The third-order valence-electron chi connectivity index (χ3n) is 4.69. The molecule has 3 rings (SSSR count). The minimum atomic E-state index is -0.0385. The first-order chi connectivity index (χ1) is 10.6. The highest BCUT2D eigenvalue weighted by atomic mass is 16.2. The number of likely N-dealkylation sites (tertiary alicyclic amines) is 2. The van der Waals surface area contributed by atoms with Crippen molar-refractivity contribution in [3.63, 3.8) is 0 Å². The number of amides is 2. The van der Waals surface area contributed by atoms with Gasteiger partial charge in [-0.3, -0.25) is 9.59 Å². The van der Waals surface area contributed by atoms with Gasteiger partial charge in [0.15, 0.2) is 0 Å². The van der Waals surface area contributed by atoms with Crippen molar-refractivity contribution >= 4 is 11.8 Å². The molecule has 2 aliphatic rings. The van der Waals surface area contributed by atoms with Crippen molar-refractivity contribution < 1.29 is 9.59 Å². The number of nitrogens with zero attached hydrogens (tertiary/aromatic N) is 2. The van der Waals surface area contributed by atoms with Crippen LogP contribution in [0.25, 0.3) is 0 Å². The number of nitrogens with two attached hydrogens (primary N) is 1. The lowest BCUT2D eigenvalue weighted by molar-refractivity contribution is -0.141. The second kappa shape index (κ2) is 6.48. The van der Waals surface area contributed by atoms with E-state index in [4.69, 9.17) is 5.73 Å². The Labute approximate surface area is 131 Å². The van der Waals surface area contributed by atoms with Gasteiger partial charge in [0.25, 0.3) is 0 Å². The highest BCUT2D eigenvalue weighted by molar-refractivity contribution is 5.85. The molecule has 2 saturated heterocycles. The molecule has 0 saturated carbocycles. The molecule has 1 aromatic carbocycles. The first-order valence-corrected chi connectivity index (χ1v) is 8.01. The molecule has 0 radical (unpaired) electrons. The molecular weight excluding hydrogens is 278 g/mol. The molecule has 2 fully saturated rings. The fourth-order valence-corrected chi connectivity index (χ4v) is 3.38. The largest absolute Gasteiger partial charge is 0.339 e. The molecule has 2 heterocycles. The molecule has 0 bridgehead atoms. The van der Waals surface area contributed by atoms with Gasteiger partial charge in [0.1, 0.15) is 0 Å². The summed E-state index contributed by atoms with van der Waals surface area (Å²) >= 11 is 0. The van der Waals surface area contributed by atoms with Crippen LogP contribution in [0.5, 0.6) is 0 Å². The number of carbonyl (C=O) groups excluding carboxylic acids is 2. The fourth-order valence-electron chi connectivity index (χ4n) is 3.38. The van der Waals surface area contributed by atoms with Crippen LogP contribution in [0, 0.1) is 0 Å². The zero-order valence-corrected chi connectivity index (χ0v) is 12.8. The van der Waals surface area contributed by atoms with Gasteiger partial charge in [0.05, 0.1) is 6.54 Å². The van der Waals surface area contributed by atoms with Gasteiger partial charge in [-0.1, -0.05) is 30.3 Å². The summed E-state index contributed by atoms with van der Waals surface area (Å²) in [5.41, 5.74) is 7.41. The molecular formula is C17H23N3O2. The van der Waals surface area contributed by atoms with Crippen molar-refractivity contribution in [3.05, 3.63) is 35.9 Å². The Morgan fingerprint density at radius 1 is 1.18 bits per heavy atom. The highest BCUT2D eigenvalue weighted by Crippen LogP contribution is 2.26. The zero-order valence-electron chi connectivity index (χ0n) is 12.8. The first-order valence-electron chi connectivity index (χ1n) is 8.01. The standard InChI is InChI=1S/C17H23N3O2/c18-15-11-20(10-14(15)13-6-2-1-3-7-13)17(22)12-19-9-5-4-8-16(19)21/h1-3,6-7,14-15H,4-5,8-12,18H2/t14-,15+/m1/s1. The van der Waals surface area contributed by atoms with Gasteiger partial charge >= 0.3 is 0 Å². The van der Waals surface area contributed by atoms with Crippen LogP contribution < -0.4 is 5.73 Å². The van der Waals surface area contributed by atoms with Crippen molar-refractivity contribution in [1.82, 2.24) is 9.80 Å². The quantitative estimate of drug-likeness (QED) is 0.904. The van der Waals surface area contributed by atoms with Crippen molar-refractivity contribution in [2.75, 3.05) is 26.2 Å². The van der Waals surface area contributed by atoms with E-state index in [9.17, 15) is 9.59 Å². The van der Waals surface area contributed by atoms with Gasteiger partial charge in [0, 0.05) is 38.0 Å². The number of hydrogen-bond acceptors (Lipinski definition) is 3. The first kappa shape index (κ1) is 15.0. The highest BCUT2D eigenvalue weighted by Gasteiger charge is 2.34. The minimum Gasteiger partial charge on any atom is -0.339 e. The minimum absolute atomic E-state index is 0.0177. The van der Waals surface area contributed by atoms with Gasteiger partial charge in [-0.25, -0.2) is 0 Å². The predicted octanol–water partition coefficient (Wildman–Crippen LogP) is 0.952. The van der Waals surface area contributed by atoms with Crippen molar-refractivity contribution in [3.8, 4) is 0 Å². The van der Waals surface area contributed by atoms with Crippen LogP contribution >= 0.6 is 0 Å². The zero-order chi connectivity index (χ0) is 15.5. The van der Waals surface area contributed by atoms with Gasteiger partial charge in [-0.05, 0) is 18.4 Å². The molecule has 118 valence electrons. The average molecular weight is 301 g/mol. The van der Waals surface area contributed by atoms with Gasteiger partial charge in [-0.15, -0.1) is 0 Å². The van der Waals surface area contributed by atoms with Crippen molar-refractivity contribution in [2.24, 2.45) is 5.73 Å². The van der Waals surface area contributed by atoms with Crippen molar-refractivity contribution in [1.29, 1.82) is 0 Å². The Kier molecular flexibility index (Phi) is 4.43. The normalized spacial score (nSPS) is 25.6. The number of carbonyl (C=O) groups is 2. The van der Waals surface area contributed by atoms with E-state index in [0.717, 1.165) is 12.8 Å². The Hall–Kier alpha value is -1.88. The molecule has 5 heteroatoms. The van der Waals surface area contributed by atoms with E-state index in [1.165, 1.54) is 5.56 Å². The van der Waals surface area contributed by atoms with Gasteiger partial charge < -0.3 is 15.5 Å². The fraction of sp³-hybridized carbons (Fsp3) is 0.529. The maximum absolute atomic E-state index is 12.5. The SMILES string of the molecule is N[C@H]1CN(C(=O)CN2CCCCC2=O)C[C@@H]1c1ccccc1. The number of piperidine rings is 1. The second-order valence-corrected chi connectivity index (χ2v) is 6.25. The molecule has 22 heavy (non-hydrogen) atoms. The van der Waals surface area contributed by atoms with Crippen molar-refractivity contribution in [2.45, 2.75) is 31.2 Å². The molecule has 2 amide bonds. The average Bonchev–Trinajstić information content (AvgIpc) is 2.92. The Bertz CT molecular complexity index is 546. The van der Waals surface area contributed by atoms with E-state index in [1.54, 1.807) is 4.90 Å². The summed E-state index contributed by atoms with van der Waals surface area (Å²) in [5.74, 6) is 0.300. The van der Waals surface area contributed by atoms with Crippen LogP contribution in [0.3, 0.4) is 0 Å². The Morgan fingerprint density at radius 3 is 2.68 bits per heavy atom. The van der Waals surface area contributed by atoms with Crippen LogP contribution in [0.1, 0.15) is 30.7 Å². The van der Waals surface area contributed by atoms with Crippen LogP contribution in [0.4, 0.5) is 0 Å². The molecule has 2 N–H and O–H groups in total. The predicted molar refractivity (Wildman–Crippen MR) is 84.2 cm³/mol. The van der Waals surface area contributed by atoms with Gasteiger partial charge in [-0.2, -0.15) is 0 Å². The maximum Gasteiger partial charge on any atom is 0.242 e. The van der Waals surface area contributed by atoms with Crippen LogP contribution in [-0.2, 0) is 9.59 Å².